The number of nitrogens with one attached hydrogen (secondary N) is 1. The van der Waals surface area contributed by atoms with E-state index < -0.39 is 5.54 Å². The second-order valence-corrected chi connectivity index (χ2v) is 6.07. The van der Waals surface area contributed by atoms with Crippen LogP contribution in [-0.2, 0) is 14.3 Å². The van der Waals surface area contributed by atoms with Gasteiger partial charge in [0.15, 0.2) is 0 Å². The number of amides is 2. The summed E-state index contributed by atoms with van der Waals surface area (Å²) in [4.78, 5) is 27.3. The lowest BCUT2D eigenvalue weighted by atomic mass is 9.87. The summed E-state index contributed by atoms with van der Waals surface area (Å²) in [7, 11) is 1.63. The highest BCUT2D eigenvalue weighted by Gasteiger charge is 2.54. The van der Waals surface area contributed by atoms with E-state index in [2.05, 4.69) is 5.32 Å². The van der Waals surface area contributed by atoms with Crippen LogP contribution in [0.2, 0.25) is 0 Å². The lowest BCUT2D eigenvalue weighted by Gasteiger charge is -2.49. The molecule has 5 nitrogen and oxygen atoms in total. The van der Waals surface area contributed by atoms with E-state index in [1.54, 1.807) is 7.11 Å². The van der Waals surface area contributed by atoms with Gasteiger partial charge in [0.05, 0.1) is 12.6 Å². The fourth-order valence-electron chi connectivity index (χ4n) is 3.71. The average Bonchev–Trinajstić information content (AvgIpc) is 2.87. The first-order valence-corrected chi connectivity index (χ1v) is 7.70. The highest BCUT2D eigenvalue weighted by molar-refractivity contribution is 6.00. The van der Waals surface area contributed by atoms with Crippen LogP contribution in [0.3, 0.4) is 0 Å². The molecular formula is C15H26N2O3. The van der Waals surface area contributed by atoms with Crippen molar-refractivity contribution >= 4 is 11.8 Å². The Morgan fingerprint density at radius 2 is 2.05 bits per heavy atom. The Kier molecular flexibility index (Phi) is 4.68. The molecule has 20 heavy (non-hydrogen) atoms. The summed E-state index contributed by atoms with van der Waals surface area (Å²) in [6, 6.07) is -0.422. The summed E-state index contributed by atoms with van der Waals surface area (Å²) in [5.41, 5.74) is -0.626. The molecule has 0 bridgehead atoms. The second kappa shape index (κ2) is 6.12. The van der Waals surface area contributed by atoms with E-state index in [0.717, 1.165) is 32.1 Å². The van der Waals surface area contributed by atoms with Gasteiger partial charge in [0.1, 0.15) is 11.6 Å². The van der Waals surface area contributed by atoms with E-state index in [9.17, 15) is 9.59 Å². The van der Waals surface area contributed by atoms with Crippen molar-refractivity contribution < 1.29 is 14.3 Å². The van der Waals surface area contributed by atoms with Gasteiger partial charge in [-0.2, -0.15) is 0 Å². The molecule has 0 radical (unpaired) electrons. The first-order chi connectivity index (χ1) is 9.56. The molecule has 1 heterocycles. The van der Waals surface area contributed by atoms with Gasteiger partial charge < -0.3 is 15.0 Å². The molecule has 1 aliphatic carbocycles. The van der Waals surface area contributed by atoms with Crippen molar-refractivity contribution in [2.45, 2.75) is 70.0 Å². The molecule has 2 amide bonds. The fourth-order valence-corrected chi connectivity index (χ4v) is 3.71. The van der Waals surface area contributed by atoms with Crippen LogP contribution in [0.25, 0.3) is 0 Å². The summed E-state index contributed by atoms with van der Waals surface area (Å²) < 4.78 is 5.21. The summed E-state index contributed by atoms with van der Waals surface area (Å²) in [6.45, 7) is 4.48. The van der Waals surface area contributed by atoms with Crippen molar-refractivity contribution in [3.05, 3.63) is 0 Å². The van der Waals surface area contributed by atoms with Crippen molar-refractivity contribution in [3.63, 3.8) is 0 Å². The number of hydrogen-bond donors (Lipinski definition) is 1. The molecule has 0 aromatic heterocycles. The van der Waals surface area contributed by atoms with Crippen LogP contribution < -0.4 is 5.32 Å². The molecule has 1 saturated heterocycles. The number of carbonyl (C=O) groups is 2. The van der Waals surface area contributed by atoms with Gasteiger partial charge in [-0.25, -0.2) is 0 Å². The Morgan fingerprint density at radius 1 is 1.40 bits per heavy atom. The van der Waals surface area contributed by atoms with Crippen molar-refractivity contribution in [3.8, 4) is 0 Å². The number of rotatable bonds is 5. The van der Waals surface area contributed by atoms with Crippen LogP contribution in [0.15, 0.2) is 0 Å². The molecule has 2 rings (SSSR count). The second-order valence-electron chi connectivity index (χ2n) is 6.07. The van der Waals surface area contributed by atoms with Crippen molar-refractivity contribution in [1.29, 1.82) is 0 Å². The van der Waals surface area contributed by atoms with Crippen LogP contribution in [0.5, 0.6) is 0 Å². The number of nitrogens with zero attached hydrogens (tertiary/aromatic N) is 1. The molecule has 1 saturated carbocycles. The molecule has 1 spiro atoms. The quantitative estimate of drug-likeness (QED) is 0.830. The molecule has 2 aliphatic rings. The summed E-state index contributed by atoms with van der Waals surface area (Å²) in [5, 5.41) is 2.96. The molecule has 0 aromatic rings. The van der Waals surface area contributed by atoms with Crippen LogP contribution in [-0.4, -0.2) is 48.1 Å². The number of ether oxygens (including phenoxy) is 1. The zero-order valence-corrected chi connectivity index (χ0v) is 12.8. The van der Waals surface area contributed by atoms with Gasteiger partial charge in [-0.3, -0.25) is 9.59 Å². The molecular weight excluding hydrogens is 256 g/mol. The molecule has 5 heteroatoms. The zero-order valence-electron chi connectivity index (χ0n) is 12.8. The van der Waals surface area contributed by atoms with Gasteiger partial charge in [0.25, 0.3) is 0 Å². The van der Waals surface area contributed by atoms with Gasteiger partial charge in [0.2, 0.25) is 11.8 Å². The Bertz CT molecular complexity index is 377. The zero-order chi connectivity index (χ0) is 14.8. The Balaban J connectivity index is 2.31. The Hall–Kier alpha value is -1.10. The lowest BCUT2D eigenvalue weighted by Crippen LogP contribution is -2.72. The van der Waals surface area contributed by atoms with Crippen LogP contribution in [0.4, 0.5) is 0 Å². The molecule has 2 unspecified atom stereocenters. The third-order valence-corrected chi connectivity index (χ3v) is 4.58. The largest absolute Gasteiger partial charge is 0.383 e. The standard InChI is InChI=1S/C15H26N2O3/c1-4-7-12-13(18)17(11(2)10-20-3)15(14(19)16-12)8-5-6-9-15/h11-12H,4-10H2,1-3H3,(H,16,19). The maximum Gasteiger partial charge on any atom is 0.246 e. The molecule has 114 valence electrons. The van der Waals surface area contributed by atoms with Gasteiger partial charge in [-0.1, -0.05) is 26.2 Å². The first kappa shape index (κ1) is 15.3. The third kappa shape index (κ3) is 2.43. The van der Waals surface area contributed by atoms with Crippen LogP contribution in [0.1, 0.15) is 52.4 Å². The molecule has 1 aliphatic heterocycles. The minimum Gasteiger partial charge on any atom is -0.383 e. The van der Waals surface area contributed by atoms with E-state index >= 15 is 0 Å². The highest BCUT2D eigenvalue weighted by atomic mass is 16.5. The van der Waals surface area contributed by atoms with Gasteiger partial charge in [-0.15, -0.1) is 0 Å². The monoisotopic (exact) mass is 282 g/mol. The number of carbonyl (C=O) groups excluding carboxylic acids is 2. The highest BCUT2D eigenvalue weighted by Crippen LogP contribution is 2.39. The van der Waals surface area contributed by atoms with E-state index in [0.29, 0.717) is 13.0 Å². The topological polar surface area (TPSA) is 58.6 Å². The van der Waals surface area contributed by atoms with Crippen LogP contribution in [0, 0.1) is 0 Å². The SMILES string of the molecule is CCCC1NC(=O)C2(CCCC2)N(C(C)COC)C1=O. The molecule has 0 aromatic carbocycles. The minimum absolute atomic E-state index is 0.0380. The average molecular weight is 282 g/mol. The van der Waals surface area contributed by atoms with Crippen molar-refractivity contribution in [2.75, 3.05) is 13.7 Å². The van der Waals surface area contributed by atoms with Crippen molar-refractivity contribution in [1.82, 2.24) is 10.2 Å². The number of hydrogen-bond acceptors (Lipinski definition) is 3. The maximum atomic E-state index is 12.8. The van der Waals surface area contributed by atoms with Gasteiger partial charge in [0, 0.05) is 7.11 Å². The number of piperazine rings is 1. The predicted molar refractivity (Wildman–Crippen MR) is 76.2 cm³/mol. The van der Waals surface area contributed by atoms with Crippen LogP contribution >= 0.6 is 0 Å². The fraction of sp³-hybridized carbons (Fsp3) is 0.867. The maximum absolute atomic E-state index is 12.8. The smallest absolute Gasteiger partial charge is 0.246 e. The molecule has 2 atom stereocenters. The van der Waals surface area contributed by atoms with Crippen molar-refractivity contribution in [2.24, 2.45) is 0 Å². The predicted octanol–water partition coefficient (Wildman–Crippen LogP) is 1.46. The summed E-state index contributed by atoms with van der Waals surface area (Å²) >= 11 is 0. The summed E-state index contributed by atoms with van der Waals surface area (Å²) in [6.07, 6.45) is 5.16. The lowest BCUT2D eigenvalue weighted by molar-refractivity contribution is -0.162. The van der Waals surface area contributed by atoms with E-state index in [1.807, 2.05) is 18.7 Å². The van der Waals surface area contributed by atoms with E-state index in [4.69, 9.17) is 4.74 Å². The Labute approximate surface area is 121 Å². The van der Waals surface area contributed by atoms with E-state index in [1.165, 1.54) is 0 Å². The van der Waals surface area contributed by atoms with Gasteiger partial charge >= 0.3 is 0 Å². The summed E-state index contributed by atoms with van der Waals surface area (Å²) in [5.74, 6) is 0.105. The normalized spacial score (nSPS) is 26.9. The van der Waals surface area contributed by atoms with E-state index in [-0.39, 0.29) is 23.9 Å². The first-order valence-electron chi connectivity index (χ1n) is 7.70. The van der Waals surface area contributed by atoms with Gasteiger partial charge in [-0.05, 0) is 26.2 Å². The minimum atomic E-state index is -0.626. The molecule has 2 fully saturated rings. The molecule has 1 N–H and O–H groups in total. The Morgan fingerprint density at radius 3 is 2.60 bits per heavy atom. The third-order valence-electron chi connectivity index (χ3n) is 4.58. The number of methoxy groups -OCH3 is 1.